The molecule has 0 fully saturated rings. The van der Waals surface area contributed by atoms with E-state index in [0.717, 1.165) is 51.4 Å². The zero-order valence-corrected chi connectivity index (χ0v) is 33.7. The lowest BCUT2D eigenvalue weighted by atomic mass is 10.1. The zero-order chi connectivity index (χ0) is 37.5. The van der Waals surface area contributed by atoms with Gasteiger partial charge in [-0.15, -0.1) is 0 Å². The van der Waals surface area contributed by atoms with Gasteiger partial charge in [0.1, 0.15) is 12.7 Å². The van der Waals surface area contributed by atoms with Gasteiger partial charge in [0.25, 0.3) is 0 Å². The number of aliphatic hydroxyl groups is 1. The maximum atomic E-state index is 12.1. The number of phosphoric ester groups is 1. The first-order chi connectivity index (χ1) is 24.8. The van der Waals surface area contributed by atoms with Crippen molar-refractivity contribution >= 4 is 19.7 Å². The van der Waals surface area contributed by atoms with Crippen LogP contribution in [0.3, 0.4) is 0 Å². The van der Waals surface area contributed by atoms with Crippen LogP contribution in [0.2, 0.25) is 0 Å². The summed E-state index contributed by atoms with van der Waals surface area (Å²) >= 11 is 0. The van der Waals surface area contributed by atoms with Crippen molar-refractivity contribution in [2.75, 3.05) is 26.4 Å². The van der Waals surface area contributed by atoms with Crippen molar-refractivity contribution in [2.45, 2.75) is 200 Å². The van der Waals surface area contributed by atoms with Crippen molar-refractivity contribution < 1.29 is 37.9 Å². The monoisotopic (exact) mass is 744 g/mol. The summed E-state index contributed by atoms with van der Waals surface area (Å²) in [6.45, 7) is 3.50. The van der Waals surface area contributed by atoms with Crippen molar-refractivity contribution in [1.29, 1.82) is 0 Å². The molecule has 0 radical (unpaired) electrons. The largest absolute Gasteiger partial charge is 0.472 e. The van der Waals surface area contributed by atoms with Crippen molar-refractivity contribution in [3.63, 3.8) is 0 Å². The van der Waals surface area contributed by atoms with Crippen LogP contribution in [0.5, 0.6) is 0 Å². The van der Waals surface area contributed by atoms with Gasteiger partial charge in [-0.05, 0) is 57.8 Å². The zero-order valence-electron chi connectivity index (χ0n) is 32.8. The predicted molar refractivity (Wildman–Crippen MR) is 211 cm³/mol. The topological polar surface area (TPSA) is 131 Å². The Morgan fingerprint density at radius 2 is 1.02 bits per heavy atom. The van der Waals surface area contributed by atoms with E-state index in [9.17, 15) is 24.2 Å². The molecule has 300 valence electrons. The molecule has 0 aliphatic rings. The van der Waals surface area contributed by atoms with Crippen LogP contribution in [-0.4, -0.2) is 54.3 Å². The highest BCUT2D eigenvalue weighted by Gasteiger charge is 2.23. The number of allylic oxidation sites excluding steroid dienone is 4. The lowest BCUT2D eigenvalue weighted by Gasteiger charge is -2.15. The SMILES string of the molecule is CCCC/C=C\CCCCCCCC(=O)NCCOP(=O)(O)OCC(O)COC(=O)CCCCCCCCCCC/C=C/CCCCCCCC. The summed E-state index contributed by atoms with van der Waals surface area (Å²) in [5, 5.41) is 12.7. The Kier molecular flexibility index (Phi) is 37.1. The van der Waals surface area contributed by atoms with Crippen LogP contribution in [0.25, 0.3) is 0 Å². The second kappa shape index (κ2) is 38.2. The Balaban J connectivity index is 3.59. The molecule has 2 atom stereocenters. The molecule has 0 aliphatic heterocycles. The molecule has 0 heterocycles. The van der Waals surface area contributed by atoms with E-state index < -0.39 is 26.5 Å². The Bertz CT molecular complexity index is 897. The molecule has 10 heteroatoms. The summed E-state index contributed by atoms with van der Waals surface area (Å²) in [4.78, 5) is 33.8. The molecule has 0 saturated carbocycles. The van der Waals surface area contributed by atoms with Gasteiger partial charge < -0.3 is 20.1 Å². The number of phosphoric acid groups is 1. The summed E-state index contributed by atoms with van der Waals surface area (Å²) in [5.41, 5.74) is 0. The van der Waals surface area contributed by atoms with E-state index in [1.165, 1.54) is 116 Å². The first kappa shape index (κ1) is 49.5. The fourth-order valence-corrected chi connectivity index (χ4v) is 6.41. The first-order valence-electron chi connectivity index (χ1n) is 20.8. The van der Waals surface area contributed by atoms with Gasteiger partial charge in [0, 0.05) is 19.4 Å². The predicted octanol–water partition coefficient (Wildman–Crippen LogP) is 11.2. The van der Waals surface area contributed by atoms with Crippen molar-refractivity contribution in [2.24, 2.45) is 0 Å². The number of carbonyl (C=O) groups excluding carboxylic acids is 2. The standard InChI is InChI=1S/C41H78NO8P/c1-3-5-7-9-11-13-15-16-17-18-19-20-21-22-24-26-28-30-32-34-41(45)48-37-39(43)38-50-51(46,47)49-36-35-42-40(44)33-31-29-27-25-23-14-12-10-8-6-4-2/h10,12,16-17,39,43H,3-9,11,13-15,18-38H2,1-2H3,(H,42,44)(H,46,47)/b12-10-,17-16+. The van der Waals surface area contributed by atoms with E-state index in [2.05, 4.69) is 43.5 Å². The van der Waals surface area contributed by atoms with Gasteiger partial charge in [-0.25, -0.2) is 4.57 Å². The average molecular weight is 744 g/mol. The van der Waals surface area contributed by atoms with Gasteiger partial charge in [0.2, 0.25) is 5.91 Å². The molecule has 0 saturated heterocycles. The minimum atomic E-state index is -4.41. The van der Waals surface area contributed by atoms with E-state index in [0.29, 0.717) is 6.42 Å². The minimum Gasteiger partial charge on any atom is -0.463 e. The maximum Gasteiger partial charge on any atom is 0.472 e. The van der Waals surface area contributed by atoms with Gasteiger partial charge in [0.15, 0.2) is 0 Å². The molecular formula is C41H78NO8P. The second-order valence-electron chi connectivity index (χ2n) is 14.0. The number of ether oxygens (including phenoxy) is 1. The van der Waals surface area contributed by atoms with Gasteiger partial charge in [0.05, 0.1) is 13.2 Å². The number of hydrogen-bond donors (Lipinski definition) is 3. The van der Waals surface area contributed by atoms with Crippen LogP contribution >= 0.6 is 7.82 Å². The molecule has 51 heavy (non-hydrogen) atoms. The fourth-order valence-electron chi connectivity index (χ4n) is 5.65. The number of unbranched alkanes of at least 4 members (excludes halogenated alkanes) is 22. The average Bonchev–Trinajstić information content (AvgIpc) is 3.11. The van der Waals surface area contributed by atoms with Crippen molar-refractivity contribution in [1.82, 2.24) is 5.32 Å². The third-order valence-electron chi connectivity index (χ3n) is 8.85. The van der Waals surface area contributed by atoms with Crippen LogP contribution in [0.15, 0.2) is 24.3 Å². The smallest absolute Gasteiger partial charge is 0.463 e. The third-order valence-corrected chi connectivity index (χ3v) is 9.84. The molecule has 0 aliphatic carbocycles. The number of aliphatic hydroxyl groups excluding tert-OH is 1. The Labute approximate surface area is 312 Å². The van der Waals surface area contributed by atoms with Crippen LogP contribution in [0.4, 0.5) is 0 Å². The lowest BCUT2D eigenvalue weighted by Crippen LogP contribution is -2.27. The Hall–Kier alpha value is -1.51. The molecule has 9 nitrogen and oxygen atoms in total. The molecule has 3 N–H and O–H groups in total. The highest BCUT2D eigenvalue weighted by molar-refractivity contribution is 7.47. The molecule has 1 amide bonds. The van der Waals surface area contributed by atoms with Crippen LogP contribution in [-0.2, 0) is 27.9 Å². The van der Waals surface area contributed by atoms with Crippen LogP contribution < -0.4 is 5.32 Å². The molecule has 0 aromatic rings. The normalized spacial score (nSPS) is 13.6. The number of hydrogen-bond acceptors (Lipinski definition) is 7. The number of carbonyl (C=O) groups is 2. The van der Waals surface area contributed by atoms with E-state index in [1.54, 1.807) is 0 Å². The molecule has 0 aromatic heterocycles. The van der Waals surface area contributed by atoms with Crippen molar-refractivity contribution in [3.05, 3.63) is 24.3 Å². The summed E-state index contributed by atoms with van der Waals surface area (Å²) in [5.74, 6) is -0.526. The van der Waals surface area contributed by atoms with Gasteiger partial charge >= 0.3 is 13.8 Å². The number of amides is 1. The number of rotatable bonds is 39. The van der Waals surface area contributed by atoms with Gasteiger partial charge in [-0.1, -0.05) is 147 Å². The summed E-state index contributed by atoms with van der Waals surface area (Å²) in [7, 11) is -4.41. The number of nitrogens with one attached hydrogen (secondary N) is 1. The maximum absolute atomic E-state index is 12.1. The molecule has 0 aromatic carbocycles. The van der Waals surface area contributed by atoms with Crippen LogP contribution in [0, 0.1) is 0 Å². The molecule has 0 spiro atoms. The Morgan fingerprint density at radius 3 is 1.53 bits per heavy atom. The second-order valence-corrected chi connectivity index (χ2v) is 15.4. The highest BCUT2D eigenvalue weighted by Crippen LogP contribution is 2.42. The quantitative estimate of drug-likeness (QED) is 0.0245. The molecule has 2 unspecified atom stereocenters. The van der Waals surface area contributed by atoms with Crippen LogP contribution in [0.1, 0.15) is 194 Å². The van der Waals surface area contributed by atoms with E-state index in [4.69, 9.17) is 13.8 Å². The fraction of sp³-hybridized carbons (Fsp3) is 0.854. The Morgan fingerprint density at radius 1 is 0.588 bits per heavy atom. The van der Waals surface area contributed by atoms with Crippen molar-refractivity contribution in [3.8, 4) is 0 Å². The highest BCUT2D eigenvalue weighted by atomic mass is 31.2. The lowest BCUT2D eigenvalue weighted by molar-refractivity contribution is -0.147. The van der Waals surface area contributed by atoms with E-state index >= 15 is 0 Å². The minimum absolute atomic E-state index is 0.0781. The summed E-state index contributed by atoms with van der Waals surface area (Å²) < 4.78 is 26.8. The number of esters is 1. The molecule has 0 rings (SSSR count). The van der Waals surface area contributed by atoms with Gasteiger partial charge in [-0.3, -0.25) is 18.6 Å². The van der Waals surface area contributed by atoms with E-state index in [1.807, 2.05) is 0 Å². The molecule has 0 bridgehead atoms. The third kappa shape index (κ3) is 39.5. The van der Waals surface area contributed by atoms with E-state index in [-0.39, 0.29) is 32.1 Å². The summed E-state index contributed by atoms with van der Waals surface area (Å²) in [6.07, 6.45) is 39.7. The summed E-state index contributed by atoms with van der Waals surface area (Å²) in [6, 6.07) is 0. The van der Waals surface area contributed by atoms with Gasteiger partial charge in [-0.2, -0.15) is 0 Å². The molecular weight excluding hydrogens is 665 g/mol. The first-order valence-corrected chi connectivity index (χ1v) is 22.3.